The molecule has 2 rings (SSSR count). The molecule has 7 heteroatoms. The van der Waals surface area contributed by atoms with Gasteiger partial charge in [-0.3, -0.25) is 0 Å². The van der Waals surface area contributed by atoms with Crippen molar-refractivity contribution in [1.82, 2.24) is 5.32 Å². The summed E-state index contributed by atoms with van der Waals surface area (Å²) in [6, 6.07) is 3.98. The van der Waals surface area contributed by atoms with Gasteiger partial charge in [0, 0.05) is 6.54 Å². The number of benzene rings is 1. The minimum Gasteiger partial charge on any atom is -0.487 e. The highest BCUT2D eigenvalue weighted by Crippen LogP contribution is 2.36. The Hall–Kier alpha value is -0.110. The molecule has 1 N–H and O–H groups in total. The lowest BCUT2D eigenvalue weighted by Gasteiger charge is -2.16. The zero-order chi connectivity index (χ0) is 14.8. The molecule has 1 unspecified atom stereocenters. The van der Waals surface area contributed by atoms with Crippen LogP contribution in [0, 0.1) is 0 Å². The second-order valence-electron chi connectivity index (χ2n) is 4.81. The van der Waals surface area contributed by atoms with Crippen LogP contribution >= 0.6 is 31.9 Å². The molecule has 112 valence electrons. The molecule has 0 aliphatic carbocycles. The van der Waals surface area contributed by atoms with Crippen molar-refractivity contribution in [3.63, 3.8) is 0 Å². The summed E-state index contributed by atoms with van der Waals surface area (Å²) in [4.78, 5) is 0. The maximum Gasteiger partial charge on any atom is 0.154 e. The summed E-state index contributed by atoms with van der Waals surface area (Å²) in [6.45, 7) is 3.75. The molecule has 0 saturated carbocycles. The van der Waals surface area contributed by atoms with Crippen LogP contribution in [0.3, 0.4) is 0 Å². The van der Waals surface area contributed by atoms with Gasteiger partial charge in [-0.05, 0) is 62.5 Å². The van der Waals surface area contributed by atoms with E-state index in [1.165, 1.54) is 0 Å². The number of nitrogens with one attached hydrogen (secondary N) is 1. The topological polar surface area (TPSA) is 55.4 Å². The van der Waals surface area contributed by atoms with Crippen molar-refractivity contribution in [2.24, 2.45) is 0 Å². The number of sulfone groups is 1. The minimum absolute atomic E-state index is 0.102. The van der Waals surface area contributed by atoms with E-state index in [9.17, 15) is 8.42 Å². The van der Waals surface area contributed by atoms with Crippen LogP contribution in [-0.2, 0) is 16.4 Å². The van der Waals surface area contributed by atoms with Crippen molar-refractivity contribution in [2.75, 3.05) is 18.1 Å². The molecule has 0 bridgehead atoms. The van der Waals surface area contributed by atoms with Crippen molar-refractivity contribution >= 4 is 41.7 Å². The Labute approximate surface area is 136 Å². The number of ether oxygens (including phenoxy) is 1. The molecular formula is C13H17Br2NO3S. The summed E-state index contributed by atoms with van der Waals surface area (Å²) < 4.78 is 30.4. The smallest absolute Gasteiger partial charge is 0.154 e. The predicted octanol–water partition coefficient (Wildman–Crippen LogP) is 2.89. The van der Waals surface area contributed by atoms with Gasteiger partial charge in [0.15, 0.2) is 9.84 Å². The number of halogens is 2. The van der Waals surface area contributed by atoms with E-state index in [1.54, 1.807) is 0 Å². The highest BCUT2D eigenvalue weighted by Gasteiger charge is 2.30. The van der Waals surface area contributed by atoms with Gasteiger partial charge < -0.3 is 10.1 Å². The van der Waals surface area contributed by atoms with E-state index in [1.807, 2.05) is 12.1 Å². The van der Waals surface area contributed by atoms with E-state index in [4.69, 9.17) is 4.74 Å². The third kappa shape index (κ3) is 4.19. The summed E-state index contributed by atoms with van der Waals surface area (Å²) in [7, 11) is -2.93. The van der Waals surface area contributed by atoms with Gasteiger partial charge in [0.1, 0.15) is 11.9 Å². The lowest BCUT2D eigenvalue weighted by Crippen LogP contribution is -2.18. The van der Waals surface area contributed by atoms with Crippen LogP contribution in [0.1, 0.15) is 18.9 Å². The lowest BCUT2D eigenvalue weighted by atomic mass is 10.2. The van der Waals surface area contributed by atoms with Crippen LogP contribution in [0.15, 0.2) is 21.1 Å². The quantitative estimate of drug-likeness (QED) is 0.786. The molecular weight excluding hydrogens is 410 g/mol. The molecule has 1 aromatic carbocycles. The Balaban J connectivity index is 2.12. The molecule has 1 aliphatic heterocycles. The van der Waals surface area contributed by atoms with Gasteiger partial charge in [0.25, 0.3) is 0 Å². The van der Waals surface area contributed by atoms with Gasteiger partial charge in [-0.1, -0.05) is 6.92 Å². The Morgan fingerprint density at radius 3 is 2.50 bits per heavy atom. The van der Waals surface area contributed by atoms with E-state index >= 15 is 0 Å². The van der Waals surface area contributed by atoms with Crippen LogP contribution in [-0.4, -0.2) is 32.6 Å². The van der Waals surface area contributed by atoms with E-state index in [0.29, 0.717) is 12.2 Å². The first-order chi connectivity index (χ1) is 9.41. The third-order valence-corrected chi connectivity index (χ3v) is 6.03. The molecule has 0 aromatic heterocycles. The monoisotopic (exact) mass is 425 g/mol. The maximum absolute atomic E-state index is 11.5. The van der Waals surface area contributed by atoms with Gasteiger partial charge in [-0.25, -0.2) is 8.42 Å². The zero-order valence-corrected chi connectivity index (χ0v) is 15.1. The van der Waals surface area contributed by atoms with Crippen LogP contribution in [0.25, 0.3) is 0 Å². The fourth-order valence-electron chi connectivity index (χ4n) is 2.12. The fourth-order valence-corrected chi connectivity index (χ4v) is 5.17. The van der Waals surface area contributed by atoms with Gasteiger partial charge in [0.05, 0.1) is 20.5 Å². The summed E-state index contributed by atoms with van der Waals surface area (Å²) in [5.41, 5.74) is 1.14. The van der Waals surface area contributed by atoms with Crippen LogP contribution in [0.2, 0.25) is 0 Å². The first kappa shape index (κ1) is 16.3. The molecule has 1 aliphatic rings. The van der Waals surface area contributed by atoms with Gasteiger partial charge >= 0.3 is 0 Å². The highest BCUT2D eigenvalue weighted by atomic mass is 79.9. The van der Waals surface area contributed by atoms with Crippen LogP contribution in [0.4, 0.5) is 0 Å². The number of hydrogen-bond acceptors (Lipinski definition) is 4. The van der Waals surface area contributed by atoms with E-state index < -0.39 is 9.84 Å². The van der Waals surface area contributed by atoms with Crippen molar-refractivity contribution in [3.05, 3.63) is 26.6 Å². The Bertz CT molecular complexity index is 566. The molecule has 0 spiro atoms. The largest absolute Gasteiger partial charge is 0.487 e. The molecule has 20 heavy (non-hydrogen) atoms. The van der Waals surface area contributed by atoms with Gasteiger partial charge in [-0.2, -0.15) is 0 Å². The third-order valence-electron chi connectivity index (χ3n) is 3.11. The molecule has 1 saturated heterocycles. The van der Waals surface area contributed by atoms with Crippen molar-refractivity contribution in [3.8, 4) is 5.75 Å². The van der Waals surface area contributed by atoms with E-state index in [-0.39, 0.29) is 17.6 Å². The van der Waals surface area contributed by atoms with Gasteiger partial charge in [-0.15, -0.1) is 0 Å². The van der Waals surface area contributed by atoms with Crippen molar-refractivity contribution in [2.45, 2.75) is 26.0 Å². The summed E-state index contributed by atoms with van der Waals surface area (Å²) in [6.07, 6.45) is 0.299. The highest BCUT2D eigenvalue weighted by molar-refractivity contribution is 9.11. The maximum atomic E-state index is 11.5. The second-order valence-corrected chi connectivity index (χ2v) is 8.75. The lowest BCUT2D eigenvalue weighted by molar-refractivity contribution is 0.226. The van der Waals surface area contributed by atoms with Crippen molar-refractivity contribution < 1.29 is 13.2 Å². The Morgan fingerprint density at radius 1 is 1.35 bits per heavy atom. The number of hydrogen-bond donors (Lipinski definition) is 1. The second kappa shape index (κ2) is 6.77. The average molecular weight is 427 g/mol. The van der Waals surface area contributed by atoms with Crippen LogP contribution < -0.4 is 10.1 Å². The number of rotatable bonds is 5. The predicted molar refractivity (Wildman–Crippen MR) is 86.9 cm³/mol. The van der Waals surface area contributed by atoms with Gasteiger partial charge in [0.2, 0.25) is 0 Å². The standard InChI is InChI=1S/C13H17Br2NO3S/c1-2-16-7-9-5-11(14)13(12(15)6-9)19-10-3-4-20(17,18)8-10/h5-6,10,16H,2-4,7-8H2,1H3. The average Bonchev–Trinajstić information content (AvgIpc) is 2.71. The molecule has 1 fully saturated rings. The first-order valence-electron chi connectivity index (χ1n) is 6.47. The summed E-state index contributed by atoms with van der Waals surface area (Å²) in [5, 5.41) is 3.26. The summed E-state index contributed by atoms with van der Waals surface area (Å²) in [5.74, 6) is 0.989. The zero-order valence-electron chi connectivity index (χ0n) is 11.2. The molecule has 1 aromatic rings. The fraction of sp³-hybridized carbons (Fsp3) is 0.538. The van der Waals surface area contributed by atoms with E-state index in [0.717, 1.165) is 27.6 Å². The molecule has 0 radical (unpaired) electrons. The minimum atomic E-state index is -2.93. The Kier molecular flexibility index (Phi) is 5.50. The SMILES string of the molecule is CCNCc1cc(Br)c(OC2CCS(=O)(=O)C2)c(Br)c1. The van der Waals surface area contributed by atoms with Crippen LogP contribution in [0.5, 0.6) is 5.75 Å². The molecule has 0 amide bonds. The molecule has 1 atom stereocenters. The Morgan fingerprint density at radius 2 is 2.00 bits per heavy atom. The summed E-state index contributed by atoms with van der Waals surface area (Å²) >= 11 is 6.99. The molecule has 1 heterocycles. The molecule has 4 nitrogen and oxygen atoms in total. The first-order valence-corrected chi connectivity index (χ1v) is 9.87. The normalized spacial score (nSPS) is 21.1. The van der Waals surface area contributed by atoms with Crippen molar-refractivity contribution in [1.29, 1.82) is 0 Å². The van der Waals surface area contributed by atoms with E-state index in [2.05, 4.69) is 44.1 Å².